The number of aromatic nitrogens is 2. The van der Waals surface area contributed by atoms with Gasteiger partial charge >= 0.3 is 6.03 Å². The number of rotatable bonds is 6. The zero-order valence-electron chi connectivity index (χ0n) is 15.8. The Morgan fingerprint density at radius 2 is 2.31 bits per heavy atom. The van der Waals surface area contributed by atoms with Crippen LogP contribution in [0.4, 0.5) is 16.3 Å². The van der Waals surface area contributed by atoms with Crippen LogP contribution in [0.15, 0.2) is 30.6 Å². The maximum absolute atomic E-state index is 12.4. The van der Waals surface area contributed by atoms with Gasteiger partial charge in [0.15, 0.2) is 5.82 Å². The second kappa shape index (κ2) is 10.3. The molecule has 0 bridgehead atoms. The van der Waals surface area contributed by atoms with Crippen molar-refractivity contribution in [2.24, 2.45) is 0 Å². The number of ether oxygens (including phenoxy) is 1. The summed E-state index contributed by atoms with van der Waals surface area (Å²) in [5.74, 6) is 1.73. The van der Waals surface area contributed by atoms with Crippen LogP contribution in [0.5, 0.6) is 5.75 Å². The van der Waals surface area contributed by atoms with Gasteiger partial charge in [0.2, 0.25) is 0 Å². The third kappa shape index (κ3) is 6.22. The number of hydrogen-bond acceptors (Lipinski definition) is 7. The lowest BCUT2D eigenvalue weighted by atomic mass is 10.1. The van der Waals surface area contributed by atoms with Crippen molar-refractivity contribution in [3.8, 4) is 11.8 Å². The van der Waals surface area contributed by atoms with Crippen LogP contribution in [0.3, 0.4) is 0 Å². The summed E-state index contributed by atoms with van der Waals surface area (Å²) in [6, 6.07) is 6.66. The number of nitrogens with one attached hydrogen (secondary N) is 3. The number of anilines is 2. The molecule has 1 aromatic carbocycles. The molecule has 1 aromatic heterocycles. The molecule has 0 radical (unpaired) electrons. The fourth-order valence-electron chi connectivity index (χ4n) is 2.76. The minimum atomic E-state index is -0.499. The average molecular weight is 433 g/mol. The normalized spacial score (nSPS) is 17.1. The van der Waals surface area contributed by atoms with Crippen LogP contribution in [0.2, 0.25) is 5.02 Å². The highest BCUT2D eigenvalue weighted by molar-refractivity contribution is 8.00. The predicted octanol–water partition coefficient (Wildman–Crippen LogP) is 3.45. The van der Waals surface area contributed by atoms with Crippen LogP contribution in [-0.2, 0) is 0 Å². The Morgan fingerprint density at radius 1 is 1.45 bits per heavy atom. The van der Waals surface area contributed by atoms with Crippen LogP contribution in [-0.4, -0.2) is 46.2 Å². The number of benzene rings is 1. The molecule has 8 nitrogen and oxygen atoms in total. The van der Waals surface area contributed by atoms with Gasteiger partial charge in [-0.1, -0.05) is 11.6 Å². The van der Waals surface area contributed by atoms with E-state index in [9.17, 15) is 10.1 Å². The summed E-state index contributed by atoms with van der Waals surface area (Å²) >= 11 is 7.88. The van der Waals surface area contributed by atoms with Gasteiger partial charge in [-0.05, 0) is 25.1 Å². The minimum absolute atomic E-state index is 0.142. The molecule has 3 rings (SSSR count). The van der Waals surface area contributed by atoms with Crippen LogP contribution >= 0.6 is 23.4 Å². The number of thioether (sulfide) groups is 1. The Hall–Kier alpha value is -2.54. The highest BCUT2D eigenvalue weighted by Gasteiger charge is 2.26. The molecule has 1 fully saturated rings. The maximum atomic E-state index is 12.4. The Morgan fingerprint density at radius 3 is 3.00 bits per heavy atom. The van der Waals surface area contributed by atoms with Crippen LogP contribution < -0.4 is 20.7 Å². The first-order valence-corrected chi connectivity index (χ1v) is 10.5. The topological polar surface area (TPSA) is 112 Å². The van der Waals surface area contributed by atoms with Gasteiger partial charge in [0.05, 0.1) is 41.5 Å². The SMILES string of the molecule is Cc1cnc(NC(=O)Nc2cc(Cl)ccc2OC(CC#N)C2CNCCS2)cn1. The first kappa shape index (κ1) is 21.2. The summed E-state index contributed by atoms with van der Waals surface area (Å²) in [5.41, 5.74) is 1.16. The molecular formula is C19H21ClN6O2S. The van der Waals surface area contributed by atoms with E-state index in [0.717, 1.165) is 24.5 Å². The van der Waals surface area contributed by atoms with Gasteiger partial charge in [-0.3, -0.25) is 10.3 Å². The van der Waals surface area contributed by atoms with E-state index in [1.165, 1.54) is 6.20 Å². The maximum Gasteiger partial charge on any atom is 0.325 e. The summed E-state index contributed by atoms with van der Waals surface area (Å²) in [5, 5.41) is 18.5. The van der Waals surface area contributed by atoms with E-state index in [1.54, 1.807) is 36.2 Å². The minimum Gasteiger partial charge on any atom is -0.486 e. The van der Waals surface area contributed by atoms with E-state index in [-0.39, 0.29) is 17.8 Å². The second-order valence-corrected chi connectivity index (χ2v) is 8.18. The van der Waals surface area contributed by atoms with Gasteiger partial charge in [-0.15, -0.1) is 0 Å². The van der Waals surface area contributed by atoms with Gasteiger partial charge < -0.3 is 15.4 Å². The molecule has 2 heterocycles. The first-order valence-electron chi connectivity index (χ1n) is 9.07. The summed E-state index contributed by atoms with van der Waals surface area (Å²) in [4.78, 5) is 20.6. The second-order valence-electron chi connectivity index (χ2n) is 6.39. The Bertz CT molecular complexity index is 883. The van der Waals surface area contributed by atoms with Gasteiger partial charge in [0, 0.05) is 23.9 Å². The number of nitriles is 1. The van der Waals surface area contributed by atoms with Crippen molar-refractivity contribution < 1.29 is 9.53 Å². The van der Waals surface area contributed by atoms with Gasteiger partial charge in [-0.25, -0.2) is 9.78 Å². The average Bonchev–Trinajstić information content (AvgIpc) is 2.72. The van der Waals surface area contributed by atoms with Crippen molar-refractivity contribution in [1.29, 1.82) is 5.26 Å². The lowest BCUT2D eigenvalue weighted by Gasteiger charge is -2.30. The summed E-state index contributed by atoms with van der Waals surface area (Å²) in [7, 11) is 0. The molecule has 2 atom stereocenters. The smallest absolute Gasteiger partial charge is 0.325 e. The van der Waals surface area contributed by atoms with Crippen molar-refractivity contribution in [3.05, 3.63) is 41.3 Å². The molecular weight excluding hydrogens is 412 g/mol. The predicted molar refractivity (Wildman–Crippen MR) is 115 cm³/mol. The van der Waals surface area contributed by atoms with E-state index in [1.807, 2.05) is 6.92 Å². The number of nitrogens with zero attached hydrogens (tertiary/aromatic N) is 3. The van der Waals surface area contributed by atoms with Crippen molar-refractivity contribution in [3.63, 3.8) is 0 Å². The zero-order chi connectivity index (χ0) is 20.6. The molecule has 1 saturated heterocycles. The highest BCUT2D eigenvalue weighted by Crippen LogP contribution is 2.32. The molecule has 2 unspecified atom stereocenters. The largest absolute Gasteiger partial charge is 0.486 e. The number of aryl methyl sites for hydroxylation is 1. The van der Waals surface area contributed by atoms with Gasteiger partial charge in [0.1, 0.15) is 11.9 Å². The molecule has 29 heavy (non-hydrogen) atoms. The molecule has 10 heteroatoms. The van der Waals surface area contributed by atoms with Crippen molar-refractivity contribution in [2.45, 2.75) is 24.7 Å². The van der Waals surface area contributed by atoms with Gasteiger partial charge in [-0.2, -0.15) is 17.0 Å². The third-order valence-corrected chi connectivity index (χ3v) is 5.73. The summed E-state index contributed by atoms with van der Waals surface area (Å²) in [6.45, 7) is 3.51. The van der Waals surface area contributed by atoms with E-state index >= 15 is 0 Å². The molecule has 3 N–H and O–H groups in total. The number of amides is 2. The lowest BCUT2D eigenvalue weighted by molar-refractivity contribution is 0.201. The molecule has 0 saturated carbocycles. The number of carbonyl (C=O) groups is 1. The van der Waals surface area contributed by atoms with E-state index < -0.39 is 6.03 Å². The highest BCUT2D eigenvalue weighted by atomic mass is 35.5. The first-order chi connectivity index (χ1) is 14.0. The summed E-state index contributed by atoms with van der Waals surface area (Å²) in [6.07, 6.45) is 2.96. The van der Waals surface area contributed by atoms with E-state index in [4.69, 9.17) is 16.3 Å². The molecule has 2 amide bonds. The summed E-state index contributed by atoms with van der Waals surface area (Å²) < 4.78 is 6.13. The fraction of sp³-hybridized carbons (Fsp3) is 0.368. The fourth-order valence-corrected chi connectivity index (χ4v) is 4.10. The Balaban J connectivity index is 1.73. The van der Waals surface area contributed by atoms with E-state index in [2.05, 4.69) is 32.0 Å². The zero-order valence-corrected chi connectivity index (χ0v) is 17.4. The number of halogens is 1. The molecule has 2 aromatic rings. The number of urea groups is 1. The standard InChI is InChI=1S/C19H21ClN6O2S/c1-12-9-24-18(11-23-12)26-19(27)25-14-8-13(20)2-3-15(14)28-16(4-5-21)17-10-22-6-7-29-17/h2-3,8-9,11,16-17,22H,4,6-7,10H2,1H3,(H2,24,25,26,27). The molecule has 0 spiro atoms. The van der Waals surface area contributed by atoms with Crippen molar-refractivity contribution >= 4 is 40.9 Å². The quantitative estimate of drug-likeness (QED) is 0.640. The molecule has 1 aliphatic heterocycles. The van der Waals surface area contributed by atoms with Crippen molar-refractivity contribution in [2.75, 3.05) is 29.5 Å². The number of hydrogen-bond donors (Lipinski definition) is 3. The van der Waals surface area contributed by atoms with E-state index in [0.29, 0.717) is 22.3 Å². The molecule has 152 valence electrons. The molecule has 0 aliphatic carbocycles. The lowest BCUT2D eigenvalue weighted by Crippen LogP contribution is -2.42. The third-order valence-electron chi connectivity index (χ3n) is 4.15. The van der Waals surface area contributed by atoms with Crippen LogP contribution in [0, 0.1) is 18.3 Å². The number of carbonyl (C=O) groups excluding carboxylic acids is 1. The van der Waals surface area contributed by atoms with Crippen LogP contribution in [0.25, 0.3) is 0 Å². The Labute approximate surface area is 178 Å². The van der Waals surface area contributed by atoms with Gasteiger partial charge in [0.25, 0.3) is 0 Å². The van der Waals surface area contributed by atoms with Crippen molar-refractivity contribution in [1.82, 2.24) is 15.3 Å². The monoisotopic (exact) mass is 432 g/mol. The Kier molecular flexibility index (Phi) is 7.52. The van der Waals surface area contributed by atoms with Crippen LogP contribution in [0.1, 0.15) is 12.1 Å². The molecule has 1 aliphatic rings.